The van der Waals surface area contributed by atoms with Crippen LogP contribution in [0.25, 0.3) is 0 Å². The van der Waals surface area contributed by atoms with Crippen molar-refractivity contribution in [1.29, 1.82) is 0 Å². The van der Waals surface area contributed by atoms with Gasteiger partial charge in [0.2, 0.25) is 0 Å². The van der Waals surface area contributed by atoms with E-state index in [1.165, 1.54) is 31.5 Å². The van der Waals surface area contributed by atoms with E-state index in [2.05, 4.69) is 54.4 Å². The summed E-state index contributed by atoms with van der Waals surface area (Å²) < 4.78 is 0. The summed E-state index contributed by atoms with van der Waals surface area (Å²) in [6, 6.07) is 12.2. The SMILES string of the molecule is CC(C)N1CCC(NCCc2ccccc2)CC1. The van der Waals surface area contributed by atoms with Gasteiger partial charge < -0.3 is 10.2 Å². The van der Waals surface area contributed by atoms with Gasteiger partial charge in [0.15, 0.2) is 0 Å². The monoisotopic (exact) mass is 246 g/mol. The molecule has 1 N–H and O–H groups in total. The Morgan fingerprint density at radius 2 is 1.83 bits per heavy atom. The van der Waals surface area contributed by atoms with E-state index in [1.807, 2.05) is 0 Å². The Bertz CT molecular complexity index is 326. The van der Waals surface area contributed by atoms with Crippen LogP contribution >= 0.6 is 0 Å². The highest BCUT2D eigenvalue weighted by atomic mass is 15.2. The summed E-state index contributed by atoms with van der Waals surface area (Å²) in [5.41, 5.74) is 1.43. The first kappa shape index (κ1) is 13.6. The molecule has 2 rings (SSSR count). The highest BCUT2D eigenvalue weighted by Crippen LogP contribution is 2.12. The molecule has 0 amide bonds. The molecule has 18 heavy (non-hydrogen) atoms. The molecule has 1 aliphatic rings. The quantitative estimate of drug-likeness (QED) is 0.859. The van der Waals surface area contributed by atoms with E-state index in [9.17, 15) is 0 Å². The minimum Gasteiger partial charge on any atom is -0.314 e. The Morgan fingerprint density at radius 1 is 1.17 bits per heavy atom. The van der Waals surface area contributed by atoms with Gasteiger partial charge in [-0.3, -0.25) is 0 Å². The van der Waals surface area contributed by atoms with E-state index in [-0.39, 0.29) is 0 Å². The largest absolute Gasteiger partial charge is 0.314 e. The maximum Gasteiger partial charge on any atom is 0.00915 e. The van der Waals surface area contributed by atoms with Gasteiger partial charge in [-0.15, -0.1) is 0 Å². The van der Waals surface area contributed by atoms with Gasteiger partial charge in [0.05, 0.1) is 0 Å². The minimum atomic E-state index is 0.704. The normalized spacial score (nSPS) is 18.4. The zero-order chi connectivity index (χ0) is 12.8. The molecule has 1 fully saturated rings. The first-order valence-electron chi connectivity index (χ1n) is 7.27. The third-order valence-electron chi connectivity index (χ3n) is 3.95. The fraction of sp³-hybridized carbons (Fsp3) is 0.625. The van der Waals surface area contributed by atoms with Crippen LogP contribution in [0.2, 0.25) is 0 Å². The van der Waals surface area contributed by atoms with Crippen LogP contribution in [0, 0.1) is 0 Å². The lowest BCUT2D eigenvalue weighted by Crippen LogP contribution is -2.45. The van der Waals surface area contributed by atoms with Crippen molar-refractivity contribution in [2.24, 2.45) is 0 Å². The maximum atomic E-state index is 3.70. The summed E-state index contributed by atoms with van der Waals surface area (Å²) in [4.78, 5) is 2.58. The molecule has 0 bridgehead atoms. The van der Waals surface area contributed by atoms with Crippen molar-refractivity contribution in [3.8, 4) is 0 Å². The van der Waals surface area contributed by atoms with Crippen molar-refractivity contribution in [2.75, 3.05) is 19.6 Å². The third kappa shape index (κ3) is 4.11. The lowest BCUT2D eigenvalue weighted by atomic mass is 10.0. The Hall–Kier alpha value is -0.860. The predicted molar refractivity (Wildman–Crippen MR) is 77.9 cm³/mol. The Labute approximate surface area is 111 Å². The molecule has 0 saturated carbocycles. The van der Waals surface area contributed by atoms with Gasteiger partial charge in [-0.2, -0.15) is 0 Å². The van der Waals surface area contributed by atoms with Crippen LogP contribution in [0.1, 0.15) is 32.3 Å². The molecule has 0 aliphatic carbocycles. The smallest absolute Gasteiger partial charge is 0.00915 e. The highest BCUT2D eigenvalue weighted by molar-refractivity contribution is 5.14. The molecule has 100 valence electrons. The molecule has 2 heteroatoms. The Morgan fingerprint density at radius 3 is 2.44 bits per heavy atom. The van der Waals surface area contributed by atoms with Crippen LogP contribution in [-0.4, -0.2) is 36.6 Å². The number of benzene rings is 1. The van der Waals surface area contributed by atoms with Crippen molar-refractivity contribution in [3.05, 3.63) is 35.9 Å². The predicted octanol–water partition coefficient (Wildman–Crippen LogP) is 2.69. The topological polar surface area (TPSA) is 15.3 Å². The molecule has 1 saturated heterocycles. The van der Waals surface area contributed by atoms with Crippen LogP contribution < -0.4 is 5.32 Å². The molecule has 0 spiro atoms. The van der Waals surface area contributed by atoms with E-state index in [0.29, 0.717) is 6.04 Å². The number of nitrogens with zero attached hydrogens (tertiary/aromatic N) is 1. The second-order valence-electron chi connectivity index (χ2n) is 5.59. The first-order chi connectivity index (χ1) is 8.75. The summed E-state index contributed by atoms with van der Waals surface area (Å²) >= 11 is 0. The molecule has 1 aromatic rings. The van der Waals surface area contributed by atoms with Crippen molar-refractivity contribution in [3.63, 3.8) is 0 Å². The molecule has 1 heterocycles. The molecule has 0 aromatic heterocycles. The molecule has 2 nitrogen and oxygen atoms in total. The lowest BCUT2D eigenvalue weighted by molar-refractivity contribution is 0.161. The van der Waals surface area contributed by atoms with Gasteiger partial charge in [0.25, 0.3) is 0 Å². The summed E-state index contributed by atoms with van der Waals surface area (Å²) in [5, 5.41) is 3.70. The minimum absolute atomic E-state index is 0.704. The fourth-order valence-electron chi connectivity index (χ4n) is 2.69. The summed E-state index contributed by atoms with van der Waals surface area (Å²) in [6.45, 7) is 8.20. The van der Waals surface area contributed by atoms with Gasteiger partial charge in [0, 0.05) is 12.1 Å². The van der Waals surface area contributed by atoms with Crippen molar-refractivity contribution < 1.29 is 0 Å². The van der Waals surface area contributed by atoms with Crippen molar-refractivity contribution in [1.82, 2.24) is 10.2 Å². The number of hydrogen-bond acceptors (Lipinski definition) is 2. The van der Waals surface area contributed by atoms with Gasteiger partial charge in [-0.05, 0) is 58.3 Å². The molecular weight excluding hydrogens is 220 g/mol. The van der Waals surface area contributed by atoms with Crippen LogP contribution in [-0.2, 0) is 6.42 Å². The molecule has 1 aromatic carbocycles. The van der Waals surface area contributed by atoms with Gasteiger partial charge >= 0.3 is 0 Å². The van der Waals surface area contributed by atoms with Crippen molar-refractivity contribution >= 4 is 0 Å². The standard InChI is InChI=1S/C16H26N2/c1-14(2)18-12-9-16(10-13-18)17-11-8-15-6-4-3-5-7-15/h3-7,14,16-17H,8-13H2,1-2H3. The van der Waals surface area contributed by atoms with Gasteiger partial charge in [-0.25, -0.2) is 0 Å². The molecular formula is C16H26N2. The number of likely N-dealkylation sites (tertiary alicyclic amines) is 1. The lowest BCUT2D eigenvalue weighted by Gasteiger charge is -2.35. The van der Waals surface area contributed by atoms with Crippen LogP contribution in [0.3, 0.4) is 0 Å². The number of hydrogen-bond donors (Lipinski definition) is 1. The number of nitrogens with one attached hydrogen (secondary N) is 1. The van der Waals surface area contributed by atoms with Crippen LogP contribution in [0.5, 0.6) is 0 Å². The van der Waals surface area contributed by atoms with Crippen molar-refractivity contribution in [2.45, 2.75) is 45.2 Å². The molecule has 1 aliphatic heterocycles. The maximum absolute atomic E-state index is 3.70. The van der Waals surface area contributed by atoms with E-state index >= 15 is 0 Å². The van der Waals surface area contributed by atoms with E-state index < -0.39 is 0 Å². The van der Waals surface area contributed by atoms with Gasteiger partial charge in [-0.1, -0.05) is 30.3 Å². The Kier molecular flexibility index (Phi) is 5.21. The van der Waals surface area contributed by atoms with Crippen LogP contribution in [0.15, 0.2) is 30.3 Å². The van der Waals surface area contributed by atoms with E-state index in [1.54, 1.807) is 0 Å². The zero-order valence-electron chi connectivity index (χ0n) is 11.7. The van der Waals surface area contributed by atoms with Gasteiger partial charge in [0.1, 0.15) is 0 Å². The second-order valence-corrected chi connectivity index (χ2v) is 5.59. The average Bonchev–Trinajstić information content (AvgIpc) is 2.40. The Balaban J connectivity index is 1.64. The third-order valence-corrected chi connectivity index (χ3v) is 3.95. The highest BCUT2D eigenvalue weighted by Gasteiger charge is 2.19. The number of rotatable bonds is 5. The molecule has 0 atom stereocenters. The van der Waals surface area contributed by atoms with E-state index in [4.69, 9.17) is 0 Å². The average molecular weight is 246 g/mol. The van der Waals surface area contributed by atoms with E-state index in [0.717, 1.165) is 19.0 Å². The molecule has 0 radical (unpaired) electrons. The second kappa shape index (κ2) is 6.91. The van der Waals surface area contributed by atoms with Crippen LogP contribution in [0.4, 0.5) is 0 Å². The molecule has 0 unspecified atom stereocenters. The fourth-order valence-corrected chi connectivity index (χ4v) is 2.69. The summed E-state index contributed by atoms with van der Waals surface area (Å²) in [5.74, 6) is 0. The number of piperidine rings is 1. The zero-order valence-corrected chi connectivity index (χ0v) is 11.7. The summed E-state index contributed by atoms with van der Waals surface area (Å²) in [6.07, 6.45) is 3.74. The first-order valence-corrected chi connectivity index (χ1v) is 7.27. The summed E-state index contributed by atoms with van der Waals surface area (Å²) in [7, 11) is 0.